The van der Waals surface area contributed by atoms with E-state index in [0.29, 0.717) is 10.9 Å². The van der Waals surface area contributed by atoms with Gasteiger partial charge in [0.05, 0.1) is 0 Å². The maximum atomic E-state index is 11.5. The largest absolute Gasteiger partial charge is 0.365 e. The standard InChI is InChI=1S/C11H10N2O4/c12-9(14)7-4-6-5(11(16)17)2-1-3-8(6)13-10(7)15/h1-4,11,16-17H,(H2,12,14)(H,13,15). The van der Waals surface area contributed by atoms with Crippen LogP contribution in [0.4, 0.5) is 0 Å². The molecule has 1 aromatic heterocycles. The van der Waals surface area contributed by atoms with E-state index >= 15 is 0 Å². The van der Waals surface area contributed by atoms with E-state index < -0.39 is 17.8 Å². The number of amides is 1. The number of H-pyrrole nitrogens is 1. The van der Waals surface area contributed by atoms with Crippen LogP contribution in [-0.4, -0.2) is 21.1 Å². The maximum absolute atomic E-state index is 11.5. The van der Waals surface area contributed by atoms with Gasteiger partial charge >= 0.3 is 0 Å². The third-order valence-corrected chi connectivity index (χ3v) is 2.46. The SMILES string of the molecule is NC(=O)c1cc2c(C(O)O)cccc2[nH]c1=O. The predicted octanol–water partition coefficient (Wildman–Crippen LogP) is -0.390. The molecule has 1 aromatic carbocycles. The lowest BCUT2D eigenvalue weighted by Crippen LogP contribution is -2.23. The van der Waals surface area contributed by atoms with E-state index in [-0.39, 0.29) is 11.1 Å². The molecule has 17 heavy (non-hydrogen) atoms. The van der Waals surface area contributed by atoms with Crippen LogP contribution in [0, 0.1) is 0 Å². The normalized spacial score (nSPS) is 11.0. The van der Waals surface area contributed by atoms with E-state index in [2.05, 4.69) is 4.98 Å². The van der Waals surface area contributed by atoms with Gasteiger partial charge in [0.1, 0.15) is 5.56 Å². The smallest absolute Gasteiger partial charge is 0.261 e. The molecular formula is C11H10N2O4. The Morgan fingerprint density at radius 1 is 1.35 bits per heavy atom. The summed E-state index contributed by atoms with van der Waals surface area (Å²) in [6, 6.07) is 5.89. The Labute approximate surface area is 95.3 Å². The number of hydrogen-bond donors (Lipinski definition) is 4. The molecule has 0 spiro atoms. The first kappa shape index (κ1) is 11.3. The zero-order valence-corrected chi connectivity index (χ0v) is 8.68. The molecule has 5 N–H and O–H groups in total. The average Bonchev–Trinajstić information content (AvgIpc) is 2.26. The van der Waals surface area contributed by atoms with Crippen molar-refractivity contribution < 1.29 is 15.0 Å². The van der Waals surface area contributed by atoms with Crippen LogP contribution in [0.3, 0.4) is 0 Å². The number of benzene rings is 1. The van der Waals surface area contributed by atoms with Gasteiger partial charge in [0, 0.05) is 16.5 Å². The van der Waals surface area contributed by atoms with Crippen LogP contribution in [0.2, 0.25) is 0 Å². The van der Waals surface area contributed by atoms with Crippen LogP contribution < -0.4 is 11.3 Å². The van der Waals surface area contributed by atoms with Crippen molar-refractivity contribution in [3.05, 3.63) is 45.7 Å². The summed E-state index contributed by atoms with van der Waals surface area (Å²) in [5.41, 5.74) is 4.83. The molecule has 88 valence electrons. The fourth-order valence-corrected chi connectivity index (χ4v) is 1.66. The molecule has 0 saturated heterocycles. The molecule has 0 aliphatic carbocycles. The summed E-state index contributed by atoms with van der Waals surface area (Å²) < 4.78 is 0. The first-order valence-corrected chi connectivity index (χ1v) is 4.82. The van der Waals surface area contributed by atoms with Gasteiger partial charge in [0.25, 0.3) is 11.5 Å². The van der Waals surface area contributed by atoms with Crippen molar-refractivity contribution in [2.75, 3.05) is 0 Å². The Balaban J connectivity index is 2.85. The van der Waals surface area contributed by atoms with Crippen LogP contribution in [0.15, 0.2) is 29.1 Å². The van der Waals surface area contributed by atoms with E-state index in [1.807, 2.05) is 0 Å². The molecule has 0 bridgehead atoms. The number of primary amides is 1. The molecule has 2 aromatic rings. The van der Waals surface area contributed by atoms with E-state index in [1.165, 1.54) is 12.1 Å². The molecule has 0 aliphatic heterocycles. The highest BCUT2D eigenvalue weighted by molar-refractivity contribution is 5.96. The number of nitrogens with two attached hydrogens (primary N) is 1. The second kappa shape index (κ2) is 4.00. The summed E-state index contributed by atoms with van der Waals surface area (Å²) in [4.78, 5) is 25.0. The molecule has 0 aliphatic rings. The van der Waals surface area contributed by atoms with E-state index in [4.69, 9.17) is 15.9 Å². The van der Waals surface area contributed by atoms with Gasteiger partial charge in [-0.15, -0.1) is 0 Å². The fourth-order valence-electron chi connectivity index (χ4n) is 1.66. The zero-order chi connectivity index (χ0) is 12.6. The van der Waals surface area contributed by atoms with E-state index in [9.17, 15) is 9.59 Å². The predicted molar refractivity (Wildman–Crippen MR) is 60.3 cm³/mol. The third-order valence-electron chi connectivity index (χ3n) is 2.46. The number of aliphatic hydroxyl groups excluding tert-OH is 1. The summed E-state index contributed by atoms with van der Waals surface area (Å²) in [5, 5.41) is 18.7. The Bertz CT molecular complexity index is 645. The molecule has 0 radical (unpaired) electrons. The molecular weight excluding hydrogens is 224 g/mol. The lowest BCUT2D eigenvalue weighted by atomic mass is 10.1. The molecule has 2 rings (SSSR count). The van der Waals surface area contributed by atoms with Gasteiger partial charge in [-0.25, -0.2) is 0 Å². The quantitative estimate of drug-likeness (QED) is 0.529. The number of carbonyl (C=O) groups excluding carboxylic acids is 1. The second-order valence-electron chi connectivity index (χ2n) is 3.56. The molecule has 6 heteroatoms. The highest BCUT2D eigenvalue weighted by atomic mass is 16.5. The van der Waals surface area contributed by atoms with Crippen molar-refractivity contribution in [1.82, 2.24) is 4.98 Å². The first-order chi connectivity index (χ1) is 8.00. The lowest BCUT2D eigenvalue weighted by Gasteiger charge is -2.08. The summed E-state index contributed by atoms with van der Waals surface area (Å²) in [6.07, 6.45) is -1.69. The monoisotopic (exact) mass is 234 g/mol. The fraction of sp³-hybridized carbons (Fsp3) is 0.0909. The van der Waals surface area contributed by atoms with E-state index in [1.54, 1.807) is 12.1 Å². The van der Waals surface area contributed by atoms with Gasteiger partial charge in [-0.2, -0.15) is 0 Å². The minimum absolute atomic E-state index is 0.196. The van der Waals surface area contributed by atoms with Gasteiger partial charge in [-0.1, -0.05) is 12.1 Å². The molecule has 0 unspecified atom stereocenters. The highest BCUT2D eigenvalue weighted by Gasteiger charge is 2.12. The number of aliphatic hydroxyl groups is 2. The summed E-state index contributed by atoms with van der Waals surface area (Å²) >= 11 is 0. The van der Waals surface area contributed by atoms with Crippen molar-refractivity contribution in [2.24, 2.45) is 5.73 Å². The van der Waals surface area contributed by atoms with Crippen LogP contribution >= 0.6 is 0 Å². The van der Waals surface area contributed by atoms with Crippen molar-refractivity contribution in [3.8, 4) is 0 Å². The van der Waals surface area contributed by atoms with E-state index in [0.717, 1.165) is 0 Å². The van der Waals surface area contributed by atoms with Gasteiger partial charge in [-0.05, 0) is 12.1 Å². The molecule has 0 saturated carbocycles. The first-order valence-electron chi connectivity index (χ1n) is 4.82. The minimum atomic E-state index is -1.69. The van der Waals surface area contributed by atoms with Crippen molar-refractivity contribution >= 4 is 16.8 Å². The van der Waals surface area contributed by atoms with Gasteiger partial charge in [0.15, 0.2) is 6.29 Å². The number of nitrogens with one attached hydrogen (secondary N) is 1. The van der Waals surface area contributed by atoms with Crippen LogP contribution in [0.5, 0.6) is 0 Å². The number of rotatable bonds is 2. The number of aromatic nitrogens is 1. The second-order valence-corrected chi connectivity index (χ2v) is 3.56. The Kier molecular flexibility index (Phi) is 2.66. The maximum Gasteiger partial charge on any atom is 0.261 e. The molecule has 1 amide bonds. The molecule has 1 heterocycles. The number of pyridine rings is 1. The van der Waals surface area contributed by atoms with Crippen molar-refractivity contribution in [1.29, 1.82) is 0 Å². The Morgan fingerprint density at radius 2 is 2.06 bits per heavy atom. The van der Waals surface area contributed by atoms with Crippen LogP contribution in [0.25, 0.3) is 10.9 Å². The lowest BCUT2D eigenvalue weighted by molar-refractivity contribution is -0.0413. The minimum Gasteiger partial charge on any atom is -0.365 e. The van der Waals surface area contributed by atoms with Crippen LogP contribution in [-0.2, 0) is 0 Å². The Morgan fingerprint density at radius 3 is 2.65 bits per heavy atom. The van der Waals surface area contributed by atoms with Crippen molar-refractivity contribution in [2.45, 2.75) is 6.29 Å². The Hall–Kier alpha value is -2.18. The molecule has 6 nitrogen and oxygen atoms in total. The van der Waals surface area contributed by atoms with Crippen LogP contribution in [0.1, 0.15) is 22.2 Å². The molecule has 0 fully saturated rings. The number of carbonyl (C=O) groups is 1. The summed E-state index contributed by atoms with van der Waals surface area (Å²) in [5.74, 6) is -0.865. The number of fused-ring (bicyclic) bond motifs is 1. The third kappa shape index (κ3) is 1.91. The number of hydrogen-bond acceptors (Lipinski definition) is 4. The molecule has 0 atom stereocenters. The average molecular weight is 234 g/mol. The topological polar surface area (TPSA) is 116 Å². The summed E-state index contributed by atoms with van der Waals surface area (Å²) in [7, 11) is 0. The van der Waals surface area contributed by atoms with Crippen molar-refractivity contribution in [3.63, 3.8) is 0 Å². The van der Waals surface area contributed by atoms with Gasteiger partial charge in [0.2, 0.25) is 0 Å². The van der Waals surface area contributed by atoms with Gasteiger partial charge in [-0.3, -0.25) is 9.59 Å². The van der Waals surface area contributed by atoms with Gasteiger partial charge < -0.3 is 20.9 Å². The zero-order valence-electron chi connectivity index (χ0n) is 8.68. The highest BCUT2D eigenvalue weighted by Crippen LogP contribution is 2.21. The number of aromatic amines is 1. The summed E-state index contributed by atoms with van der Waals surface area (Å²) in [6.45, 7) is 0.